The largest absolute Gasteiger partial charge is 0.460 e. The van der Waals surface area contributed by atoms with E-state index in [1.807, 2.05) is 30.3 Å². The Morgan fingerprint density at radius 1 is 1.22 bits per heavy atom. The molecule has 2 aliphatic heterocycles. The molecule has 166 valence electrons. The molecule has 2 aromatic heterocycles. The van der Waals surface area contributed by atoms with Gasteiger partial charge in [-0.1, -0.05) is 18.2 Å². The van der Waals surface area contributed by atoms with Gasteiger partial charge < -0.3 is 14.6 Å². The lowest BCUT2D eigenvalue weighted by molar-refractivity contribution is -0.137. The maximum absolute atomic E-state index is 13.0. The van der Waals surface area contributed by atoms with Gasteiger partial charge in [0, 0.05) is 37.1 Å². The number of aliphatic imine (C=N–C) groups is 1. The molecule has 1 unspecified atom stereocenters. The predicted molar refractivity (Wildman–Crippen MR) is 113 cm³/mol. The monoisotopic (exact) mass is 442 g/mol. The number of halogens is 3. The first kappa shape index (κ1) is 20.7. The molecular formula is C23H21F3N4O2. The van der Waals surface area contributed by atoms with E-state index in [0.29, 0.717) is 38.2 Å². The summed E-state index contributed by atoms with van der Waals surface area (Å²) in [6.07, 6.45) is -2.11. The average Bonchev–Trinajstić information content (AvgIpc) is 3.42. The Balaban J connectivity index is 1.22. The number of hydrogen-bond donors (Lipinski definition) is 1. The smallest absolute Gasteiger partial charge is 0.417 e. The highest BCUT2D eigenvalue weighted by molar-refractivity contribution is 6.39. The Labute approximate surface area is 182 Å². The third-order valence-corrected chi connectivity index (χ3v) is 5.89. The minimum atomic E-state index is -4.49. The number of alkyl halides is 3. The van der Waals surface area contributed by atoms with Gasteiger partial charge in [0.1, 0.15) is 17.1 Å². The van der Waals surface area contributed by atoms with Gasteiger partial charge in [-0.15, -0.1) is 0 Å². The second kappa shape index (κ2) is 8.05. The zero-order valence-corrected chi connectivity index (χ0v) is 17.2. The fourth-order valence-corrected chi connectivity index (χ4v) is 4.18. The molecule has 6 nitrogen and oxygen atoms in total. The third kappa shape index (κ3) is 4.12. The van der Waals surface area contributed by atoms with E-state index < -0.39 is 11.7 Å². The summed E-state index contributed by atoms with van der Waals surface area (Å²) in [7, 11) is 0. The number of aromatic nitrogens is 1. The van der Waals surface area contributed by atoms with Gasteiger partial charge >= 0.3 is 6.18 Å². The highest BCUT2D eigenvalue weighted by Crippen LogP contribution is 2.34. The van der Waals surface area contributed by atoms with Crippen LogP contribution in [0.5, 0.6) is 0 Å². The van der Waals surface area contributed by atoms with Crippen molar-refractivity contribution in [1.29, 1.82) is 0 Å². The summed E-state index contributed by atoms with van der Waals surface area (Å²) in [6, 6.07) is 10.9. The third-order valence-electron chi connectivity index (χ3n) is 5.89. The Morgan fingerprint density at radius 2 is 2.06 bits per heavy atom. The highest BCUT2D eigenvalue weighted by Gasteiger charge is 2.34. The predicted octanol–water partition coefficient (Wildman–Crippen LogP) is 4.26. The Bertz CT molecular complexity index is 1170. The van der Waals surface area contributed by atoms with E-state index in [-0.39, 0.29) is 23.3 Å². The molecule has 0 aliphatic carbocycles. The van der Waals surface area contributed by atoms with Crippen LogP contribution < -0.4 is 5.32 Å². The summed E-state index contributed by atoms with van der Waals surface area (Å²) in [5.41, 5.74) is 0.891. The van der Waals surface area contributed by atoms with Crippen LogP contribution in [0.2, 0.25) is 0 Å². The summed E-state index contributed by atoms with van der Waals surface area (Å²) in [6.45, 7) is 1.65. The van der Waals surface area contributed by atoms with E-state index in [4.69, 9.17) is 4.42 Å². The number of likely N-dealkylation sites (tertiary alicyclic amines) is 1. The van der Waals surface area contributed by atoms with Gasteiger partial charge in [-0.3, -0.25) is 9.78 Å². The minimum absolute atomic E-state index is 0.113. The highest BCUT2D eigenvalue weighted by atomic mass is 19.4. The molecule has 3 aromatic rings. The van der Waals surface area contributed by atoms with E-state index >= 15 is 0 Å². The molecule has 9 heteroatoms. The molecule has 2 aliphatic rings. The molecule has 1 atom stereocenters. The van der Waals surface area contributed by atoms with Crippen LogP contribution in [0.15, 0.2) is 52.0 Å². The maximum Gasteiger partial charge on any atom is 0.417 e. The molecule has 1 saturated heterocycles. The molecule has 1 N–H and O–H groups in total. The van der Waals surface area contributed by atoms with E-state index in [2.05, 4.69) is 15.3 Å². The minimum Gasteiger partial charge on any atom is -0.460 e. The summed E-state index contributed by atoms with van der Waals surface area (Å²) in [5, 5.41) is 4.47. The van der Waals surface area contributed by atoms with Crippen LogP contribution in [-0.2, 0) is 23.9 Å². The number of furan rings is 1. The van der Waals surface area contributed by atoms with Crippen molar-refractivity contribution in [2.45, 2.75) is 38.0 Å². The lowest BCUT2D eigenvalue weighted by Crippen LogP contribution is -2.38. The first-order valence-electron chi connectivity index (χ1n) is 10.5. The molecular weight excluding hydrogens is 421 g/mol. The van der Waals surface area contributed by atoms with Crippen LogP contribution in [0.3, 0.4) is 0 Å². The van der Waals surface area contributed by atoms with Crippen molar-refractivity contribution in [3.05, 3.63) is 59.6 Å². The molecule has 0 radical (unpaired) electrons. The normalized spacial score (nSPS) is 18.7. The Hall–Kier alpha value is -3.20. The van der Waals surface area contributed by atoms with Gasteiger partial charge in [-0.2, -0.15) is 13.2 Å². The number of nitrogens with one attached hydrogen (secondary N) is 1. The van der Waals surface area contributed by atoms with Gasteiger partial charge in [0.15, 0.2) is 0 Å². The van der Waals surface area contributed by atoms with Gasteiger partial charge in [0.05, 0.1) is 23.5 Å². The Kier molecular flexibility index (Phi) is 5.21. The van der Waals surface area contributed by atoms with Gasteiger partial charge in [0.2, 0.25) is 0 Å². The van der Waals surface area contributed by atoms with Crippen LogP contribution in [-0.4, -0.2) is 40.6 Å². The number of carbonyl (C=O) groups excluding carboxylic acids is 1. The van der Waals surface area contributed by atoms with Crippen molar-refractivity contribution in [2.75, 3.05) is 13.1 Å². The summed E-state index contributed by atoms with van der Waals surface area (Å²) >= 11 is 0. The van der Waals surface area contributed by atoms with Crippen molar-refractivity contribution >= 4 is 28.3 Å². The number of para-hydroxylation sites is 1. The molecule has 0 bridgehead atoms. The zero-order chi connectivity index (χ0) is 22.3. The maximum atomic E-state index is 13.0. The molecule has 1 amide bonds. The van der Waals surface area contributed by atoms with Crippen molar-refractivity contribution < 1.29 is 22.4 Å². The number of nitrogens with zero attached hydrogens (tertiary/aromatic N) is 3. The fourth-order valence-electron chi connectivity index (χ4n) is 4.18. The van der Waals surface area contributed by atoms with Gasteiger partial charge in [-0.25, -0.2) is 4.99 Å². The quantitative estimate of drug-likeness (QED) is 0.656. The zero-order valence-electron chi connectivity index (χ0n) is 17.2. The summed E-state index contributed by atoms with van der Waals surface area (Å²) < 4.78 is 44.8. The lowest BCUT2D eigenvalue weighted by atomic mass is 10.0. The second-order valence-corrected chi connectivity index (χ2v) is 8.11. The number of hydrogen-bond acceptors (Lipinski definition) is 5. The molecule has 1 aromatic carbocycles. The molecule has 0 spiro atoms. The lowest BCUT2D eigenvalue weighted by Gasteiger charge is -2.21. The fraction of sp³-hybridized carbons (Fsp3) is 0.348. The van der Waals surface area contributed by atoms with Crippen molar-refractivity contribution in [3.8, 4) is 0 Å². The van der Waals surface area contributed by atoms with E-state index in [1.165, 1.54) is 0 Å². The standard InChI is InChI=1S/C23H21F3N4O2/c24-23(25,26)15-10-20-18(28-11-15)5-6-19(29-20)22(31)30-8-7-16(13-30)27-12-17-9-14-3-1-2-4-21(14)32-17/h1-4,9-11,16,27H,5-8,12-13H2. The van der Waals surface area contributed by atoms with Crippen LogP contribution >= 0.6 is 0 Å². The SMILES string of the molecule is O=C(C1=Nc2cc(C(F)(F)F)cnc2CC1)N1CCC(NCc2cc3ccccc3o2)C1. The van der Waals surface area contributed by atoms with Crippen LogP contribution in [0.4, 0.5) is 18.9 Å². The second-order valence-electron chi connectivity index (χ2n) is 8.11. The van der Waals surface area contributed by atoms with E-state index in [1.54, 1.807) is 4.90 Å². The molecule has 4 heterocycles. The average molecular weight is 442 g/mol. The van der Waals surface area contributed by atoms with Crippen LogP contribution in [0.1, 0.15) is 29.9 Å². The van der Waals surface area contributed by atoms with E-state index in [0.717, 1.165) is 35.4 Å². The summed E-state index contributed by atoms with van der Waals surface area (Å²) in [4.78, 5) is 22.8. The number of carbonyl (C=O) groups is 1. The first-order chi connectivity index (χ1) is 15.4. The number of rotatable bonds is 4. The molecule has 5 rings (SSSR count). The van der Waals surface area contributed by atoms with Gasteiger partial charge in [0.25, 0.3) is 5.91 Å². The molecule has 1 fully saturated rings. The number of benzene rings is 1. The van der Waals surface area contributed by atoms with E-state index in [9.17, 15) is 18.0 Å². The van der Waals surface area contributed by atoms with Crippen molar-refractivity contribution in [3.63, 3.8) is 0 Å². The molecule has 32 heavy (non-hydrogen) atoms. The number of amides is 1. The topological polar surface area (TPSA) is 70.7 Å². The number of pyridine rings is 1. The number of fused-ring (bicyclic) bond motifs is 2. The van der Waals surface area contributed by atoms with Crippen LogP contribution in [0.25, 0.3) is 11.0 Å². The number of aryl methyl sites for hydroxylation is 1. The van der Waals surface area contributed by atoms with Crippen molar-refractivity contribution in [2.24, 2.45) is 4.99 Å². The Morgan fingerprint density at radius 3 is 2.88 bits per heavy atom. The van der Waals surface area contributed by atoms with Gasteiger partial charge in [-0.05, 0) is 31.0 Å². The molecule has 0 saturated carbocycles. The van der Waals surface area contributed by atoms with Crippen molar-refractivity contribution in [1.82, 2.24) is 15.2 Å². The summed E-state index contributed by atoms with van der Waals surface area (Å²) in [5.74, 6) is 0.610. The van der Waals surface area contributed by atoms with Crippen LogP contribution in [0, 0.1) is 0 Å². The first-order valence-corrected chi connectivity index (χ1v) is 10.5.